The van der Waals surface area contributed by atoms with Crippen LogP contribution in [0.3, 0.4) is 0 Å². The van der Waals surface area contributed by atoms with E-state index in [0.717, 1.165) is 11.3 Å². The van der Waals surface area contributed by atoms with Crippen molar-refractivity contribution in [3.8, 4) is 5.75 Å². The number of nitrogens with zero attached hydrogens (tertiary/aromatic N) is 1. The number of carboxylic acids is 1. The Morgan fingerprint density at radius 1 is 1.33 bits per heavy atom. The van der Waals surface area contributed by atoms with E-state index < -0.39 is 18.2 Å². The van der Waals surface area contributed by atoms with Crippen molar-refractivity contribution in [2.24, 2.45) is 0 Å². The summed E-state index contributed by atoms with van der Waals surface area (Å²) in [5.41, 5.74) is 1.03. The van der Waals surface area contributed by atoms with Crippen LogP contribution in [-0.4, -0.2) is 53.8 Å². The summed E-state index contributed by atoms with van der Waals surface area (Å²) in [6, 6.07) is 7.61. The monoisotopic (exact) mass is 291 g/mol. The van der Waals surface area contributed by atoms with E-state index in [1.54, 1.807) is 4.90 Å². The molecular formula is C15H17NO5. The molecule has 1 N–H and O–H groups in total. The predicted molar refractivity (Wildman–Crippen MR) is 73.1 cm³/mol. The summed E-state index contributed by atoms with van der Waals surface area (Å²) in [6.07, 6.45) is -0.471. The van der Waals surface area contributed by atoms with Gasteiger partial charge in [-0.15, -0.1) is 0 Å². The van der Waals surface area contributed by atoms with E-state index in [2.05, 4.69) is 0 Å². The maximum atomic E-state index is 12.5. The molecule has 1 saturated heterocycles. The number of hydrogen-bond acceptors (Lipinski definition) is 4. The molecule has 0 aliphatic carbocycles. The van der Waals surface area contributed by atoms with E-state index >= 15 is 0 Å². The Kier molecular flexibility index (Phi) is 3.79. The lowest BCUT2D eigenvalue weighted by Crippen LogP contribution is -2.50. The fourth-order valence-electron chi connectivity index (χ4n) is 2.76. The van der Waals surface area contributed by atoms with Gasteiger partial charge in [0.15, 0.2) is 6.10 Å². The number of hydrogen-bond donors (Lipinski definition) is 1. The molecule has 1 aromatic carbocycles. The van der Waals surface area contributed by atoms with Crippen LogP contribution in [0.4, 0.5) is 0 Å². The molecule has 0 saturated carbocycles. The largest absolute Gasteiger partial charge is 0.481 e. The van der Waals surface area contributed by atoms with Gasteiger partial charge in [0.25, 0.3) is 5.91 Å². The number of amides is 1. The second-order valence-electron chi connectivity index (χ2n) is 5.29. The van der Waals surface area contributed by atoms with Gasteiger partial charge in [0.1, 0.15) is 5.75 Å². The summed E-state index contributed by atoms with van der Waals surface area (Å²) in [6.45, 7) is 1.15. The molecule has 3 rings (SSSR count). The summed E-state index contributed by atoms with van der Waals surface area (Å²) in [7, 11) is 0. The van der Waals surface area contributed by atoms with Crippen LogP contribution in [0.25, 0.3) is 0 Å². The fourth-order valence-corrected chi connectivity index (χ4v) is 2.76. The standard InChI is InChI=1S/C15H17NO5/c17-14(18)8-11-9-16(5-6-20-11)15(19)13-7-10-3-1-2-4-12(10)21-13/h1-4,11,13H,5-9H2,(H,17,18)/t11-,13-/m0/s1. The molecule has 2 aliphatic heterocycles. The molecule has 1 aromatic rings. The molecular weight excluding hydrogens is 274 g/mol. The van der Waals surface area contributed by atoms with Gasteiger partial charge in [-0.05, 0) is 11.6 Å². The maximum absolute atomic E-state index is 12.5. The zero-order valence-electron chi connectivity index (χ0n) is 11.5. The van der Waals surface area contributed by atoms with E-state index in [-0.39, 0.29) is 12.3 Å². The molecule has 6 heteroatoms. The predicted octanol–water partition coefficient (Wildman–Crippen LogP) is 0.692. The molecule has 0 bridgehead atoms. The van der Waals surface area contributed by atoms with Gasteiger partial charge in [0, 0.05) is 19.5 Å². The number of benzene rings is 1. The van der Waals surface area contributed by atoms with Gasteiger partial charge in [0.2, 0.25) is 0 Å². The molecule has 6 nitrogen and oxygen atoms in total. The number of ether oxygens (including phenoxy) is 2. The number of aliphatic carboxylic acids is 1. The molecule has 0 aromatic heterocycles. The van der Waals surface area contributed by atoms with Gasteiger partial charge >= 0.3 is 5.97 Å². The zero-order chi connectivity index (χ0) is 14.8. The highest BCUT2D eigenvalue weighted by atomic mass is 16.5. The van der Waals surface area contributed by atoms with Crippen LogP contribution in [0.5, 0.6) is 5.75 Å². The minimum absolute atomic E-state index is 0.0878. The van der Waals surface area contributed by atoms with Gasteiger partial charge in [-0.3, -0.25) is 9.59 Å². The molecule has 112 valence electrons. The second-order valence-corrected chi connectivity index (χ2v) is 5.29. The molecule has 0 unspecified atom stereocenters. The van der Waals surface area contributed by atoms with Crippen molar-refractivity contribution in [1.82, 2.24) is 4.90 Å². The third-order valence-corrected chi connectivity index (χ3v) is 3.78. The number of carbonyl (C=O) groups excluding carboxylic acids is 1. The summed E-state index contributed by atoms with van der Waals surface area (Å²) in [5.74, 6) is -0.255. The van der Waals surface area contributed by atoms with Crippen LogP contribution >= 0.6 is 0 Å². The first-order valence-corrected chi connectivity index (χ1v) is 7.00. The normalized spacial score (nSPS) is 24.3. The Hall–Kier alpha value is -2.08. The van der Waals surface area contributed by atoms with Crippen LogP contribution in [-0.2, 0) is 20.7 Å². The van der Waals surface area contributed by atoms with Crippen LogP contribution in [0.1, 0.15) is 12.0 Å². The average molecular weight is 291 g/mol. The Labute approximate surface area is 122 Å². The molecule has 0 radical (unpaired) electrons. The first-order valence-electron chi connectivity index (χ1n) is 7.00. The summed E-state index contributed by atoms with van der Waals surface area (Å²) in [5, 5.41) is 8.81. The quantitative estimate of drug-likeness (QED) is 0.887. The van der Waals surface area contributed by atoms with Crippen molar-refractivity contribution >= 4 is 11.9 Å². The Bertz CT molecular complexity index is 534. The zero-order valence-corrected chi connectivity index (χ0v) is 11.5. The van der Waals surface area contributed by atoms with Gasteiger partial charge in [-0.2, -0.15) is 0 Å². The third kappa shape index (κ3) is 3.00. The topological polar surface area (TPSA) is 76.1 Å². The highest BCUT2D eigenvalue weighted by Crippen LogP contribution is 2.29. The van der Waals surface area contributed by atoms with Crippen molar-refractivity contribution in [3.05, 3.63) is 29.8 Å². The Balaban J connectivity index is 1.62. The molecule has 0 spiro atoms. The third-order valence-electron chi connectivity index (χ3n) is 3.78. The summed E-state index contributed by atoms with van der Waals surface area (Å²) in [4.78, 5) is 24.9. The van der Waals surface area contributed by atoms with E-state index in [1.807, 2.05) is 24.3 Å². The average Bonchev–Trinajstić information content (AvgIpc) is 2.90. The Morgan fingerprint density at radius 3 is 2.90 bits per heavy atom. The SMILES string of the molecule is O=C(O)C[C@H]1CN(C(=O)[C@@H]2Cc3ccccc3O2)CCO1. The smallest absolute Gasteiger partial charge is 0.306 e. The van der Waals surface area contributed by atoms with Gasteiger partial charge in [-0.25, -0.2) is 0 Å². The number of carboxylic acid groups (broad SMARTS) is 1. The van der Waals surface area contributed by atoms with Crippen LogP contribution in [0.2, 0.25) is 0 Å². The van der Waals surface area contributed by atoms with Crippen LogP contribution in [0, 0.1) is 0 Å². The molecule has 2 heterocycles. The van der Waals surface area contributed by atoms with Crippen molar-refractivity contribution in [3.63, 3.8) is 0 Å². The van der Waals surface area contributed by atoms with Crippen molar-refractivity contribution in [2.45, 2.75) is 25.0 Å². The molecule has 1 amide bonds. The summed E-state index contributed by atoms with van der Waals surface area (Å²) >= 11 is 0. The van der Waals surface area contributed by atoms with Crippen molar-refractivity contribution in [2.75, 3.05) is 19.7 Å². The van der Waals surface area contributed by atoms with Gasteiger partial charge < -0.3 is 19.5 Å². The lowest BCUT2D eigenvalue weighted by Gasteiger charge is -2.33. The highest BCUT2D eigenvalue weighted by molar-refractivity contribution is 5.83. The first-order chi connectivity index (χ1) is 10.1. The minimum atomic E-state index is -0.918. The number of fused-ring (bicyclic) bond motifs is 1. The molecule has 2 aliphatic rings. The minimum Gasteiger partial charge on any atom is -0.481 e. The van der Waals surface area contributed by atoms with Gasteiger partial charge in [-0.1, -0.05) is 18.2 Å². The number of carbonyl (C=O) groups is 2. The maximum Gasteiger partial charge on any atom is 0.306 e. The van der Waals surface area contributed by atoms with Crippen molar-refractivity contribution in [1.29, 1.82) is 0 Å². The van der Waals surface area contributed by atoms with Crippen molar-refractivity contribution < 1.29 is 24.2 Å². The van der Waals surface area contributed by atoms with E-state index in [4.69, 9.17) is 14.6 Å². The lowest BCUT2D eigenvalue weighted by atomic mass is 10.1. The van der Waals surface area contributed by atoms with E-state index in [1.165, 1.54) is 0 Å². The number of morpholine rings is 1. The molecule has 1 fully saturated rings. The highest BCUT2D eigenvalue weighted by Gasteiger charge is 2.35. The first kappa shape index (κ1) is 13.9. The van der Waals surface area contributed by atoms with E-state index in [9.17, 15) is 9.59 Å². The molecule has 2 atom stereocenters. The summed E-state index contributed by atoms with van der Waals surface area (Å²) < 4.78 is 11.1. The lowest BCUT2D eigenvalue weighted by molar-refractivity contribution is -0.151. The van der Waals surface area contributed by atoms with Gasteiger partial charge in [0.05, 0.1) is 19.1 Å². The van der Waals surface area contributed by atoms with E-state index in [0.29, 0.717) is 26.1 Å². The number of para-hydroxylation sites is 1. The number of rotatable bonds is 3. The van der Waals surface area contributed by atoms with Crippen LogP contribution < -0.4 is 4.74 Å². The Morgan fingerprint density at radius 2 is 2.14 bits per heavy atom. The fraction of sp³-hybridized carbons (Fsp3) is 0.467. The van der Waals surface area contributed by atoms with Crippen LogP contribution in [0.15, 0.2) is 24.3 Å². The molecule has 21 heavy (non-hydrogen) atoms. The second kappa shape index (κ2) is 5.73.